The number of hydrogen-bond donors (Lipinski definition) is 3. The number of carbonyl (C=O) groups is 1. The van der Waals surface area contributed by atoms with Gasteiger partial charge < -0.3 is 25.4 Å². The highest BCUT2D eigenvalue weighted by Gasteiger charge is 2.07. The second-order valence-corrected chi connectivity index (χ2v) is 6.50. The molecule has 0 saturated heterocycles. The summed E-state index contributed by atoms with van der Waals surface area (Å²) in [5.41, 5.74) is 1.08. The lowest BCUT2D eigenvalue weighted by Crippen LogP contribution is -2.42. The van der Waals surface area contributed by atoms with Gasteiger partial charge in [0.05, 0.1) is 13.7 Å². The standard InChI is InChI=1S/C22H30N4O3/c1-17(29-20-11-7-10-19(14-20)28-3)15-26-22(23-2)24-13-12-21(27)25-16-18-8-5-4-6-9-18/h4-11,14,17H,12-13,15-16H2,1-3H3,(H,25,27)(H2,23,24,26). The van der Waals surface area contributed by atoms with Gasteiger partial charge in [0.15, 0.2) is 5.96 Å². The maximum atomic E-state index is 12.0. The number of guanidine groups is 1. The molecule has 0 aliphatic carbocycles. The number of ether oxygens (including phenoxy) is 2. The first-order valence-corrected chi connectivity index (χ1v) is 9.66. The average Bonchev–Trinajstić information content (AvgIpc) is 2.75. The number of hydrogen-bond acceptors (Lipinski definition) is 4. The van der Waals surface area contributed by atoms with Gasteiger partial charge in [-0.3, -0.25) is 9.79 Å². The van der Waals surface area contributed by atoms with Crippen molar-refractivity contribution < 1.29 is 14.3 Å². The maximum Gasteiger partial charge on any atom is 0.222 e. The summed E-state index contributed by atoms with van der Waals surface area (Å²) in [5, 5.41) is 9.25. The quantitative estimate of drug-likeness (QED) is 0.423. The molecule has 0 aromatic heterocycles. The van der Waals surface area contributed by atoms with Crippen LogP contribution in [-0.4, -0.2) is 45.2 Å². The Hall–Kier alpha value is -3.22. The van der Waals surface area contributed by atoms with Crippen molar-refractivity contribution >= 4 is 11.9 Å². The van der Waals surface area contributed by atoms with Crippen molar-refractivity contribution in [3.63, 3.8) is 0 Å². The minimum absolute atomic E-state index is 0.00784. The Bertz CT molecular complexity index is 781. The van der Waals surface area contributed by atoms with E-state index in [0.29, 0.717) is 32.0 Å². The molecule has 3 N–H and O–H groups in total. The van der Waals surface area contributed by atoms with Gasteiger partial charge in [-0.15, -0.1) is 0 Å². The summed E-state index contributed by atoms with van der Waals surface area (Å²) in [6.45, 7) is 3.56. The van der Waals surface area contributed by atoms with Crippen LogP contribution in [0, 0.1) is 0 Å². The summed E-state index contributed by atoms with van der Waals surface area (Å²) in [6.07, 6.45) is 0.290. The van der Waals surface area contributed by atoms with E-state index in [9.17, 15) is 4.79 Å². The maximum absolute atomic E-state index is 12.0. The second kappa shape index (κ2) is 12.3. The number of nitrogens with zero attached hydrogens (tertiary/aromatic N) is 1. The molecular weight excluding hydrogens is 368 g/mol. The van der Waals surface area contributed by atoms with Crippen LogP contribution in [0.3, 0.4) is 0 Å². The van der Waals surface area contributed by atoms with Crippen LogP contribution in [0.1, 0.15) is 18.9 Å². The second-order valence-electron chi connectivity index (χ2n) is 6.50. The summed E-state index contributed by atoms with van der Waals surface area (Å²) in [6, 6.07) is 17.3. The fraction of sp³-hybridized carbons (Fsp3) is 0.364. The van der Waals surface area contributed by atoms with Gasteiger partial charge in [0.2, 0.25) is 5.91 Å². The Morgan fingerprint density at radius 1 is 1.03 bits per heavy atom. The van der Waals surface area contributed by atoms with Crippen LogP contribution in [0.5, 0.6) is 11.5 Å². The van der Waals surface area contributed by atoms with Gasteiger partial charge in [0.1, 0.15) is 17.6 Å². The van der Waals surface area contributed by atoms with Crippen molar-refractivity contribution in [2.45, 2.75) is 26.0 Å². The Kier molecular flexibility index (Phi) is 9.35. The molecule has 2 aromatic rings. The number of amides is 1. The van der Waals surface area contributed by atoms with Crippen LogP contribution in [0.4, 0.5) is 0 Å². The predicted molar refractivity (Wildman–Crippen MR) is 115 cm³/mol. The van der Waals surface area contributed by atoms with E-state index < -0.39 is 0 Å². The molecule has 7 heteroatoms. The lowest BCUT2D eigenvalue weighted by Gasteiger charge is -2.18. The van der Waals surface area contributed by atoms with Crippen LogP contribution >= 0.6 is 0 Å². The van der Waals surface area contributed by atoms with Crippen LogP contribution in [0.15, 0.2) is 59.6 Å². The molecule has 0 spiro atoms. The number of methoxy groups -OCH3 is 1. The number of carbonyl (C=O) groups excluding carboxylic acids is 1. The third-order valence-corrected chi connectivity index (χ3v) is 4.14. The highest BCUT2D eigenvalue weighted by atomic mass is 16.5. The van der Waals surface area contributed by atoms with Gasteiger partial charge in [-0.25, -0.2) is 0 Å². The molecule has 29 heavy (non-hydrogen) atoms. The molecule has 2 aromatic carbocycles. The molecule has 1 amide bonds. The number of nitrogens with one attached hydrogen (secondary N) is 3. The Labute approximate surface area is 172 Å². The lowest BCUT2D eigenvalue weighted by molar-refractivity contribution is -0.121. The van der Waals surface area contributed by atoms with E-state index in [0.717, 1.165) is 17.1 Å². The first kappa shape index (κ1) is 22.1. The van der Waals surface area contributed by atoms with Crippen LogP contribution in [0.25, 0.3) is 0 Å². The number of benzene rings is 2. The topological polar surface area (TPSA) is 84.0 Å². The Morgan fingerprint density at radius 2 is 1.79 bits per heavy atom. The van der Waals surface area contributed by atoms with Gasteiger partial charge >= 0.3 is 0 Å². The van der Waals surface area contributed by atoms with Crippen molar-refractivity contribution in [3.8, 4) is 11.5 Å². The minimum atomic E-state index is -0.0742. The van der Waals surface area contributed by atoms with Crippen molar-refractivity contribution in [1.29, 1.82) is 0 Å². The Morgan fingerprint density at radius 3 is 2.52 bits per heavy atom. The first-order chi connectivity index (χ1) is 14.1. The zero-order valence-corrected chi connectivity index (χ0v) is 17.3. The van der Waals surface area contributed by atoms with Crippen molar-refractivity contribution in [2.24, 2.45) is 4.99 Å². The summed E-state index contributed by atoms with van der Waals surface area (Å²) in [5.74, 6) is 2.12. The average molecular weight is 399 g/mol. The van der Waals surface area contributed by atoms with E-state index in [1.54, 1.807) is 14.2 Å². The molecule has 0 bridgehead atoms. The van der Waals surface area contributed by atoms with E-state index in [-0.39, 0.29) is 12.0 Å². The zero-order chi connectivity index (χ0) is 20.9. The summed E-state index contributed by atoms with van der Waals surface area (Å²) >= 11 is 0. The largest absolute Gasteiger partial charge is 0.497 e. The molecule has 0 radical (unpaired) electrons. The van der Waals surface area contributed by atoms with E-state index in [4.69, 9.17) is 9.47 Å². The Balaban J connectivity index is 1.64. The SMILES string of the molecule is CN=C(NCCC(=O)NCc1ccccc1)NCC(C)Oc1cccc(OC)c1. The van der Waals surface area contributed by atoms with Gasteiger partial charge in [0, 0.05) is 32.6 Å². The van der Waals surface area contributed by atoms with E-state index in [1.165, 1.54) is 0 Å². The third kappa shape index (κ3) is 8.55. The van der Waals surface area contributed by atoms with E-state index >= 15 is 0 Å². The van der Waals surface area contributed by atoms with Crippen molar-refractivity contribution in [2.75, 3.05) is 27.2 Å². The molecule has 1 atom stereocenters. The molecule has 1 unspecified atom stereocenters. The van der Waals surface area contributed by atoms with Gasteiger partial charge in [0.25, 0.3) is 0 Å². The van der Waals surface area contributed by atoms with Gasteiger partial charge in [-0.1, -0.05) is 36.4 Å². The molecule has 0 saturated carbocycles. The molecule has 0 aliphatic heterocycles. The number of rotatable bonds is 10. The minimum Gasteiger partial charge on any atom is -0.497 e. The normalized spacial score (nSPS) is 12.0. The van der Waals surface area contributed by atoms with Crippen LogP contribution in [0.2, 0.25) is 0 Å². The first-order valence-electron chi connectivity index (χ1n) is 9.66. The predicted octanol–water partition coefficient (Wildman–Crippen LogP) is 2.33. The van der Waals surface area contributed by atoms with Gasteiger partial charge in [-0.05, 0) is 24.6 Å². The molecule has 7 nitrogen and oxygen atoms in total. The molecule has 0 aliphatic rings. The summed E-state index contributed by atoms with van der Waals surface area (Å²) in [4.78, 5) is 16.1. The van der Waals surface area contributed by atoms with E-state index in [1.807, 2.05) is 61.5 Å². The monoisotopic (exact) mass is 398 g/mol. The number of aliphatic imine (C=N–C) groups is 1. The van der Waals surface area contributed by atoms with E-state index in [2.05, 4.69) is 20.9 Å². The lowest BCUT2D eigenvalue weighted by atomic mass is 10.2. The van der Waals surface area contributed by atoms with Crippen molar-refractivity contribution in [1.82, 2.24) is 16.0 Å². The van der Waals surface area contributed by atoms with Crippen LogP contribution in [-0.2, 0) is 11.3 Å². The fourth-order valence-electron chi connectivity index (χ4n) is 2.59. The summed E-state index contributed by atoms with van der Waals surface area (Å²) in [7, 11) is 3.32. The molecule has 156 valence electrons. The zero-order valence-electron chi connectivity index (χ0n) is 17.3. The summed E-state index contributed by atoms with van der Waals surface area (Å²) < 4.78 is 11.1. The highest BCUT2D eigenvalue weighted by molar-refractivity contribution is 5.81. The molecular formula is C22H30N4O3. The van der Waals surface area contributed by atoms with Gasteiger partial charge in [-0.2, -0.15) is 0 Å². The molecule has 0 fully saturated rings. The van der Waals surface area contributed by atoms with Crippen molar-refractivity contribution in [3.05, 3.63) is 60.2 Å². The molecule has 0 heterocycles. The highest BCUT2D eigenvalue weighted by Crippen LogP contribution is 2.19. The third-order valence-electron chi connectivity index (χ3n) is 4.14. The molecule has 2 rings (SSSR count). The smallest absolute Gasteiger partial charge is 0.222 e. The van der Waals surface area contributed by atoms with Crippen LogP contribution < -0.4 is 25.4 Å². The fourth-order valence-corrected chi connectivity index (χ4v) is 2.59.